The molecule has 3 nitrogen and oxygen atoms in total. The van der Waals surface area contributed by atoms with Crippen LogP contribution in [0.5, 0.6) is 5.75 Å². The lowest BCUT2D eigenvalue weighted by Crippen LogP contribution is -2.20. The van der Waals surface area contributed by atoms with Crippen LogP contribution in [0.25, 0.3) is 0 Å². The van der Waals surface area contributed by atoms with Crippen LogP contribution in [-0.4, -0.2) is 11.0 Å². The van der Waals surface area contributed by atoms with Gasteiger partial charge in [-0.05, 0) is 80.0 Å². The molecule has 0 radical (unpaired) electrons. The van der Waals surface area contributed by atoms with E-state index in [9.17, 15) is 9.90 Å². The normalized spacial score (nSPS) is 17.8. The van der Waals surface area contributed by atoms with E-state index in [-0.39, 0.29) is 17.1 Å². The molecule has 0 aliphatic heterocycles. The van der Waals surface area contributed by atoms with Crippen molar-refractivity contribution in [3.63, 3.8) is 0 Å². The summed E-state index contributed by atoms with van der Waals surface area (Å²) in [6, 6.07) is 6.39. The van der Waals surface area contributed by atoms with Crippen molar-refractivity contribution >= 4 is 11.6 Å². The lowest BCUT2D eigenvalue weighted by molar-refractivity contribution is -0.111. The highest BCUT2D eigenvalue weighted by molar-refractivity contribution is 6.00. The van der Waals surface area contributed by atoms with E-state index in [2.05, 4.69) is 51.7 Å². The monoisotopic (exact) mass is 403 g/mol. The van der Waals surface area contributed by atoms with Gasteiger partial charge in [0.25, 0.3) is 0 Å². The number of carbonyl (C=O) groups excluding carboxylic acids is 1. The number of amides is 1. The highest BCUT2D eigenvalue weighted by Crippen LogP contribution is 2.42. The van der Waals surface area contributed by atoms with E-state index in [1.807, 2.05) is 25.2 Å². The second-order valence-electron chi connectivity index (χ2n) is 8.55. The Hall–Kier alpha value is -3.07. The van der Waals surface area contributed by atoms with Gasteiger partial charge in [-0.3, -0.25) is 4.79 Å². The van der Waals surface area contributed by atoms with Gasteiger partial charge in [-0.1, -0.05) is 62.0 Å². The maximum Gasteiger partial charge on any atom is 0.248 e. The summed E-state index contributed by atoms with van der Waals surface area (Å²) in [7, 11) is 0. The van der Waals surface area contributed by atoms with Crippen molar-refractivity contribution in [1.82, 2.24) is 0 Å². The van der Waals surface area contributed by atoms with Crippen LogP contribution in [0.4, 0.5) is 5.69 Å². The Kier molecular flexibility index (Phi) is 7.82. The smallest absolute Gasteiger partial charge is 0.248 e. The summed E-state index contributed by atoms with van der Waals surface area (Å²) in [4.78, 5) is 12.1. The number of benzene rings is 1. The summed E-state index contributed by atoms with van der Waals surface area (Å²) in [6.45, 7) is 14.9. The van der Waals surface area contributed by atoms with Crippen molar-refractivity contribution in [3.05, 3.63) is 95.2 Å². The summed E-state index contributed by atoms with van der Waals surface area (Å²) >= 11 is 0. The number of phenolic OH excluding ortho intramolecular Hbond substituents is 1. The topological polar surface area (TPSA) is 49.3 Å². The standard InChI is InChI=1S/C27H33NO2/c1-19(10-15-25-22(4)21(3)16-17-27(25,5)6)8-7-9-20(2)18-26(30)28-23-11-13-24(29)14-12-23/h7-15,18,29H,3,16-17H2,1-2,4-6H3,(H,28,30)/b9-7+,15-10+,19-8+,20-18+. The molecule has 0 fully saturated rings. The summed E-state index contributed by atoms with van der Waals surface area (Å²) in [5.41, 5.74) is 6.71. The predicted molar refractivity (Wildman–Crippen MR) is 127 cm³/mol. The Morgan fingerprint density at radius 3 is 2.47 bits per heavy atom. The Balaban J connectivity index is 1.99. The van der Waals surface area contributed by atoms with E-state index in [1.165, 1.54) is 28.9 Å². The molecule has 2 N–H and O–H groups in total. The molecule has 0 unspecified atom stereocenters. The third-order valence-corrected chi connectivity index (χ3v) is 5.44. The molecule has 1 amide bonds. The number of aromatic hydroxyl groups is 1. The Morgan fingerprint density at radius 2 is 1.80 bits per heavy atom. The zero-order valence-corrected chi connectivity index (χ0v) is 18.8. The molecule has 0 spiro atoms. The number of rotatable bonds is 6. The molecule has 2 rings (SSSR count). The fourth-order valence-electron chi connectivity index (χ4n) is 3.43. The highest BCUT2D eigenvalue weighted by Gasteiger charge is 2.28. The van der Waals surface area contributed by atoms with Crippen LogP contribution in [-0.2, 0) is 4.79 Å². The quantitative estimate of drug-likeness (QED) is 0.304. The summed E-state index contributed by atoms with van der Waals surface area (Å²) in [5.74, 6) is -0.0343. The molecule has 0 bridgehead atoms. The first kappa shape index (κ1) is 23.2. The van der Waals surface area contributed by atoms with Crippen molar-refractivity contribution in [2.24, 2.45) is 5.41 Å². The zero-order valence-electron chi connectivity index (χ0n) is 18.8. The Labute approximate surface area is 180 Å². The molecule has 3 heteroatoms. The largest absolute Gasteiger partial charge is 0.508 e. The van der Waals surface area contributed by atoms with Gasteiger partial charge in [0.1, 0.15) is 5.75 Å². The first-order valence-corrected chi connectivity index (χ1v) is 10.3. The highest BCUT2D eigenvalue weighted by atomic mass is 16.3. The van der Waals surface area contributed by atoms with E-state index in [1.54, 1.807) is 18.2 Å². The van der Waals surface area contributed by atoms with Gasteiger partial charge in [-0.25, -0.2) is 0 Å². The summed E-state index contributed by atoms with van der Waals surface area (Å²) < 4.78 is 0. The molecular weight excluding hydrogens is 370 g/mol. The molecule has 158 valence electrons. The van der Waals surface area contributed by atoms with E-state index >= 15 is 0 Å². The summed E-state index contributed by atoms with van der Waals surface area (Å²) in [5, 5.41) is 12.1. The van der Waals surface area contributed by atoms with Gasteiger partial charge in [0.05, 0.1) is 0 Å². The van der Waals surface area contributed by atoms with Crippen molar-refractivity contribution in [2.75, 3.05) is 5.32 Å². The maximum absolute atomic E-state index is 12.1. The van der Waals surface area contributed by atoms with Crippen LogP contribution < -0.4 is 5.32 Å². The second kappa shape index (κ2) is 10.1. The molecule has 0 aromatic heterocycles. The molecule has 0 saturated heterocycles. The number of allylic oxidation sites excluding steroid dienone is 10. The average Bonchev–Trinajstić information content (AvgIpc) is 2.66. The van der Waals surface area contributed by atoms with Crippen molar-refractivity contribution in [2.45, 2.75) is 47.5 Å². The Bertz CT molecular complexity index is 951. The average molecular weight is 404 g/mol. The van der Waals surface area contributed by atoms with Gasteiger partial charge >= 0.3 is 0 Å². The number of phenols is 1. The molecule has 1 aliphatic rings. The molecule has 0 saturated carbocycles. The van der Waals surface area contributed by atoms with E-state index in [0.29, 0.717) is 5.69 Å². The van der Waals surface area contributed by atoms with Crippen LogP contribution in [0.15, 0.2) is 95.2 Å². The Morgan fingerprint density at radius 1 is 1.13 bits per heavy atom. The van der Waals surface area contributed by atoms with Crippen molar-refractivity contribution in [3.8, 4) is 5.75 Å². The lowest BCUT2D eigenvalue weighted by Gasteiger charge is -2.34. The minimum Gasteiger partial charge on any atom is -0.508 e. The van der Waals surface area contributed by atoms with Gasteiger partial charge < -0.3 is 10.4 Å². The van der Waals surface area contributed by atoms with Gasteiger partial charge in [-0.15, -0.1) is 0 Å². The van der Waals surface area contributed by atoms with Crippen LogP contribution in [0.1, 0.15) is 47.5 Å². The second-order valence-corrected chi connectivity index (χ2v) is 8.55. The van der Waals surface area contributed by atoms with E-state index in [4.69, 9.17) is 0 Å². The van der Waals surface area contributed by atoms with E-state index < -0.39 is 0 Å². The number of carbonyl (C=O) groups is 1. The third-order valence-electron chi connectivity index (χ3n) is 5.44. The van der Waals surface area contributed by atoms with Gasteiger partial charge in [0.15, 0.2) is 0 Å². The SMILES string of the molecule is C=C1CCC(C)(C)C(/C=C/C(C)=C/C=C/C(C)=C/C(=O)Nc2ccc(O)cc2)=C1C. The first-order valence-electron chi connectivity index (χ1n) is 10.3. The van der Waals surface area contributed by atoms with Crippen molar-refractivity contribution < 1.29 is 9.90 Å². The fourth-order valence-corrected chi connectivity index (χ4v) is 3.43. The maximum atomic E-state index is 12.1. The predicted octanol–water partition coefficient (Wildman–Crippen LogP) is 7.03. The minimum atomic E-state index is -0.203. The first-order chi connectivity index (χ1) is 14.1. The summed E-state index contributed by atoms with van der Waals surface area (Å²) in [6.07, 6.45) is 14.0. The fraction of sp³-hybridized carbons (Fsp3) is 0.296. The van der Waals surface area contributed by atoms with Crippen LogP contribution in [0.2, 0.25) is 0 Å². The minimum absolute atomic E-state index is 0.169. The van der Waals surface area contributed by atoms with Crippen LogP contribution in [0, 0.1) is 5.41 Å². The van der Waals surface area contributed by atoms with Gasteiger partial charge in [-0.2, -0.15) is 0 Å². The zero-order chi connectivity index (χ0) is 22.3. The van der Waals surface area contributed by atoms with Gasteiger partial charge in [0.2, 0.25) is 5.91 Å². The molecular formula is C27H33NO2. The van der Waals surface area contributed by atoms with Crippen LogP contribution >= 0.6 is 0 Å². The lowest BCUT2D eigenvalue weighted by atomic mass is 9.71. The molecule has 0 heterocycles. The van der Waals surface area contributed by atoms with E-state index in [0.717, 1.165) is 24.0 Å². The van der Waals surface area contributed by atoms with Gasteiger partial charge in [0, 0.05) is 11.8 Å². The molecule has 1 aliphatic carbocycles. The molecule has 1 aromatic carbocycles. The molecule has 30 heavy (non-hydrogen) atoms. The number of anilines is 1. The van der Waals surface area contributed by atoms with Crippen molar-refractivity contribution in [1.29, 1.82) is 0 Å². The number of hydrogen-bond acceptors (Lipinski definition) is 2. The van der Waals surface area contributed by atoms with Crippen LogP contribution in [0.3, 0.4) is 0 Å². The third kappa shape index (κ3) is 6.77. The number of nitrogens with one attached hydrogen (secondary N) is 1. The molecule has 0 atom stereocenters. The molecule has 1 aromatic rings. The number of hydrogen-bond donors (Lipinski definition) is 2.